The van der Waals surface area contributed by atoms with Crippen LogP contribution in [0.15, 0.2) is 0 Å². The summed E-state index contributed by atoms with van der Waals surface area (Å²) in [5.41, 5.74) is -1.58. The van der Waals surface area contributed by atoms with Crippen molar-refractivity contribution in [2.24, 2.45) is 11.3 Å². The largest absolute Gasteiger partial charge is 0.481 e. The zero-order chi connectivity index (χ0) is 14.3. The Labute approximate surface area is 108 Å². The third-order valence-electron chi connectivity index (χ3n) is 2.70. The lowest BCUT2D eigenvalue weighted by atomic mass is 9.78. The average molecular weight is 255 g/mol. The molecule has 2 unspecified atom stereocenters. The first-order valence-corrected chi connectivity index (χ1v) is 6.11. The zero-order valence-corrected chi connectivity index (χ0v) is 11.4. The first-order valence-electron chi connectivity index (χ1n) is 6.11. The Morgan fingerprint density at radius 2 is 1.94 bits per heavy atom. The van der Waals surface area contributed by atoms with Crippen LogP contribution in [0, 0.1) is 22.7 Å². The van der Waals surface area contributed by atoms with E-state index in [2.05, 4.69) is 0 Å². The van der Waals surface area contributed by atoms with Crippen LogP contribution in [0.25, 0.3) is 0 Å². The molecule has 18 heavy (non-hydrogen) atoms. The zero-order valence-electron chi connectivity index (χ0n) is 11.4. The fourth-order valence-electron chi connectivity index (χ4n) is 1.69. The van der Waals surface area contributed by atoms with Crippen molar-refractivity contribution < 1.29 is 19.4 Å². The van der Waals surface area contributed by atoms with Crippen molar-refractivity contribution in [2.45, 2.75) is 53.1 Å². The highest BCUT2D eigenvalue weighted by atomic mass is 16.5. The molecule has 0 aromatic rings. The highest BCUT2D eigenvalue weighted by Crippen LogP contribution is 2.32. The molecule has 0 aromatic heterocycles. The SMILES string of the molecule is CCC(C)OC(=O)C(C#N)(CC(=O)O)CC(C)C. The lowest BCUT2D eigenvalue weighted by Crippen LogP contribution is -2.37. The molecular formula is C13H21NO4. The summed E-state index contributed by atoms with van der Waals surface area (Å²) >= 11 is 0. The number of hydrogen-bond acceptors (Lipinski definition) is 4. The number of ether oxygens (including phenoxy) is 1. The van der Waals surface area contributed by atoms with E-state index in [-0.39, 0.29) is 18.4 Å². The van der Waals surface area contributed by atoms with Crippen molar-refractivity contribution in [1.29, 1.82) is 5.26 Å². The molecule has 0 aromatic carbocycles. The second kappa shape index (κ2) is 7.00. The Balaban J connectivity index is 5.11. The van der Waals surface area contributed by atoms with Crippen molar-refractivity contribution in [3.05, 3.63) is 0 Å². The number of carbonyl (C=O) groups excluding carboxylic acids is 1. The third kappa shape index (κ3) is 4.74. The van der Waals surface area contributed by atoms with Crippen LogP contribution in [0.2, 0.25) is 0 Å². The van der Waals surface area contributed by atoms with E-state index in [9.17, 15) is 14.9 Å². The predicted molar refractivity (Wildman–Crippen MR) is 65.6 cm³/mol. The van der Waals surface area contributed by atoms with Gasteiger partial charge in [0.15, 0.2) is 5.41 Å². The van der Waals surface area contributed by atoms with Gasteiger partial charge in [-0.3, -0.25) is 9.59 Å². The van der Waals surface area contributed by atoms with Gasteiger partial charge in [0.1, 0.15) is 0 Å². The summed E-state index contributed by atoms with van der Waals surface area (Å²) in [6.07, 6.45) is -0.0181. The number of carboxylic acid groups (broad SMARTS) is 1. The van der Waals surface area contributed by atoms with Crippen LogP contribution in [0.5, 0.6) is 0 Å². The van der Waals surface area contributed by atoms with Gasteiger partial charge in [-0.25, -0.2) is 0 Å². The quantitative estimate of drug-likeness (QED) is 0.705. The predicted octanol–water partition coefficient (Wildman–Crippen LogP) is 2.36. The Morgan fingerprint density at radius 3 is 2.28 bits per heavy atom. The third-order valence-corrected chi connectivity index (χ3v) is 2.70. The molecule has 2 atom stereocenters. The molecule has 0 aliphatic carbocycles. The Kier molecular flexibility index (Phi) is 6.39. The van der Waals surface area contributed by atoms with E-state index in [1.807, 2.05) is 26.8 Å². The van der Waals surface area contributed by atoms with Crippen LogP contribution in [0.3, 0.4) is 0 Å². The molecule has 0 aliphatic rings. The van der Waals surface area contributed by atoms with Gasteiger partial charge in [-0.2, -0.15) is 5.26 Å². The van der Waals surface area contributed by atoms with Crippen LogP contribution in [-0.2, 0) is 14.3 Å². The van der Waals surface area contributed by atoms with E-state index in [1.54, 1.807) is 6.92 Å². The summed E-state index contributed by atoms with van der Waals surface area (Å²) in [5, 5.41) is 18.1. The number of carbonyl (C=O) groups is 2. The van der Waals surface area contributed by atoms with Crippen LogP contribution in [0.1, 0.15) is 47.0 Å². The fraction of sp³-hybridized carbons (Fsp3) is 0.769. The van der Waals surface area contributed by atoms with Crippen LogP contribution in [0.4, 0.5) is 0 Å². The van der Waals surface area contributed by atoms with Crippen LogP contribution in [-0.4, -0.2) is 23.1 Å². The lowest BCUT2D eigenvalue weighted by molar-refractivity contribution is -0.162. The molecule has 0 amide bonds. The van der Waals surface area contributed by atoms with Gasteiger partial charge in [0.05, 0.1) is 18.6 Å². The summed E-state index contributed by atoms with van der Waals surface area (Å²) in [4.78, 5) is 22.9. The maximum Gasteiger partial charge on any atom is 0.327 e. The second-order valence-electron chi connectivity index (χ2n) is 4.99. The summed E-state index contributed by atoms with van der Waals surface area (Å²) in [5.74, 6) is -1.86. The van der Waals surface area contributed by atoms with Gasteiger partial charge in [0.25, 0.3) is 0 Å². The van der Waals surface area contributed by atoms with Crippen LogP contribution < -0.4 is 0 Å². The van der Waals surface area contributed by atoms with E-state index in [1.165, 1.54) is 0 Å². The highest BCUT2D eigenvalue weighted by molar-refractivity contribution is 5.85. The molecule has 0 spiro atoms. The first kappa shape index (κ1) is 16.4. The molecule has 0 rings (SSSR count). The topological polar surface area (TPSA) is 87.4 Å². The first-order chi connectivity index (χ1) is 8.27. The van der Waals surface area contributed by atoms with Gasteiger partial charge in [0, 0.05) is 0 Å². The van der Waals surface area contributed by atoms with E-state index < -0.39 is 23.8 Å². The molecule has 0 heterocycles. The highest BCUT2D eigenvalue weighted by Gasteiger charge is 2.43. The Hall–Kier alpha value is -1.57. The van der Waals surface area contributed by atoms with Gasteiger partial charge < -0.3 is 9.84 Å². The molecule has 102 valence electrons. The molecule has 5 nitrogen and oxygen atoms in total. The summed E-state index contributed by atoms with van der Waals surface area (Å²) in [7, 11) is 0. The van der Waals surface area contributed by atoms with Crippen molar-refractivity contribution in [2.75, 3.05) is 0 Å². The average Bonchev–Trinajstić information content (AvgIpc) is 2.26. The molecule has 0 fully saturated rings. The fourth-order valence-corrected chi connectivity index (χ4v) is 1.69. The molecule has 0 saturated carbocycles. The monoisotopic (exact) mass is 255 g/mol. The number of aliphatic carboxylic acids is 1. The molecule has 1 N–H and O–H groups in total. The smallest absolute Gasteiger partial charge is 0.327 e. The van der Waals surface area contributed by atoms with E-state index in [0.717, 1.165) is 0 Å². The number of nitriles is 1. The normalized spacial score (nSPS) is 15.6. The molecular weight excluding hydrogens is 234 g/mol. The van der Waals surface area contributed by atoms with E-state index in [4.69, 9.17) is 9.84 Å². The van der Waals surface area contributed by atoms with Gasteiger partial charge in [-0.15, -0.1) is 0 Å². The molecule has 0 bridgehead atoms. The van der Waals surface area contributed by atoms with Crippen molar-refractivity contribution in [3.63, 3.8) is 0 Å². The molecule has 0 radical (unpaired) electrons. The lowest BCUT2D eigenvalue weighted by Gasteiger charge is -2.26. The van der Waals surface area contributed by atoms with Gasteiger partial charge >= 0.3 is 11.9 Å². The second-order valence-corrected chi connectivity index (χ2v) is 4.99. The minimum atomic E-state index is -1.58. The number of hydrogen-bond donors (Lipinski definition) is 1. The molecule has 0 saturated heterocycles. The molecule has 5 heteroatoms. The summed E-state index contributed by atoms with van der Waals surface area (Å²) < 4.78 is 5.13. The summed E-state index contributed by atoms with van der Waals surface area (Å²) in [6.45, 7) is 7.25. The minimum absolute atomic E-state index is 0.0356. The van der Waals surface area contributed by atoms with E-state index >= 15 is 0 Å². The maximum atomic E-state index is 12.0. The van der Waals surface area contributed by atoms with Crippen molar-refractivity contribution >= 4 is 11.9 Å². The van der Waals surface area contributed by atoms with Crippen molar-refractivity contribution in [3.8, 4) is 6.07 Å². The van der Waals surface area contributed by atoms with Crippen LogP contribution >= 0.6 is 0 Å². The number of esters is 1. The number of carboxylic acids is 1. The van der Waals surface area contributed by atoms with Gasteiger partial charge in [0.2, 0.25) is 0 Å². The van der Waals surface area contributed by atoms with Gasteiger partial charge in [-0.05, 0) is 25.7 Å². The Morgan fingerprint density at radius 1 is 1.39 bits per heavy atom. The summed E-state index contributed by atoms with van der Waals surface area (Å²) in [6, 6.07) is 1.85. The molecule has 0 aliphatic heterocycles. The van der Waals surface area contributed by atoms with E-state index in [0.29, 0.717) is 6.42 Å². The van der Waals surface area contributed by atoms with Gasteiger partial charge in [-0.1, -0.05) is 20.8 Å². The standard InChI is InChI=1S/C13H21NO4/c1-5-10(4)18-12(17)13(8-14,6-9(2)3)7-11(15)16/h9-10H,5-7H2,1-4H3,(H,15,16). The van der Waals surface area contributed by atoms with Crippen molar-refractivity contribution in [1.82, 2.24) is 0 Å². The Bertz CT molecular complexity index is 345. The number of nitrogens with zero attached hydrogens (tertiary/aromatic N) is 1. The number of rotatable bonds is 7. The maximum absolute atomic E-state index is 12.0. The minimum Gasteiger partial charge on any atom is -0.481 e.